The van der Waals surface area contributed by atoms with E-state index in [9.17, 15) is 4.79 Å². The average molecular weight is 448 g/mol. The fraction of sp³-hybridized carbons (Fsp3) is 0.105. The van der Waals surface area contributed by atoms with Gasteiger partial charge in [0.05, 0.1) is 31.1 Å². The van der Waals surface area contributed by atoms with E-state index in [-0.39, 0.29) is 5.91 Å². The van der Waals surface area contributed by atoms with Gasteiger partial charge in [0, 0.05) is 21.8 Å². The highest BCUT2D eigenvalue weighted by Crippen LogP contribution is 2.21. The van der Waals surface area contributed by atoms with Crippen molar-refractivity contribution in [2.75, 3.05) is 7.11 Å². The molecule has 0 bridgehead atoms. The maximum Gasteiger partial charge on any atom is 0.271 e. The summed E-state index contributed by atoms with van der Waals surface area (Å²) in [6, 6.07) is 12.7. The van der Waals surface area contributed by atoms with Gasteiger partial charge in [0.1, 0.15) is 5.75 Å². The number of ether oxygens (including phenoxy) is 1. The summed E-state index contributed by atoms with van der Waals surface area (Å²) in [7, 11) is 1.61. The van der Waals surface area contributed by atoms with Crippen LogP contribution < -0.4 is 10.2 Å². The molecule has 138 valence electrons. The Hall–Kier alpha value is -2.64. The number of nitrogens with zero attached hydrogens (tertiary/aromatic N) is 3. The molecule has 0 saturated heterocycles. The van der Waals surface area contributed by atoms with E-state index in [0.717, 1.165) is 21.3 Å². The number of amides is 1. The van der Waals surface area contributed by atoms with Crippen LogP contribution in [0.4, 0.5) is 0 Å². The van der Waals surface area contributed by atoms with Crippen LogP contribution in [0.3, 0.4) is 0 Å². The molecule has 0 atom stereocenters. The predicted octanol–water partition coefficient (Wildman–Crippen LogP) is 4.12. The fourth-order valence-electron chi connectivity index (χ4n) is 2.46. The standard InChI is InChI=1S/C19H16BrClN4O2/c1-27-18-6-5-13(7-15(18)11-25-12-17(21)10-23-25)9-22-24-19(26)14-3-2-4-16(20)8-14/h2-10,12H,11H2,1H3,(H,24,26)/b22-9-. The number of methoxy groups -OCH3 is 1. The van der Waals surface area contributed by atoms with Gasteiger partial charge in [-0.3, -0.25) is 9.48 Å². The van der Waals surface area contributed by atoms with E-state index >= 15 is 0 Å². The van der Waals surface area contributed by atoms with Crippen molar-refractivity contribution >= 4 is 39.7 Å². The third-order valence-corrected chi connectivity index (χ3v) is 4.39. The molecule has 1 N–H and O–H groups in total. The zero-order valence-electron chi connectivity index (χ0n) is 14.4. The van der Waals surface area contributed by atoms with Gasteiger partial charge in [-0.05, 0) is 42.0 Å². The van der Waals surface area contributed by atoms with E-state index in [1.807, 2.05) is 24.3 Å². The van der Waals surface area contributed by atoms with Crippen LogP contribution >= 0.6 is 27.5 Å². The molecule has 0 radical (unpaired) electrons. The smallest absolute Gasteiger partial charge is 0.271 e. The zero-order valence-corrected chi connectivity index (χ0v) is 16.7. The first-order valence-electron chi connectivity index (χ1n) is 7.99. The van der Waals surface area contributed by atoms with Crippen LogP contribution in [-0.2, 0) is 6.54 Å². The average Bonchev–Trinajstić information content (AvgIpc) is 3.06. The minimum Gasteiger partial charge on any atom is -0.496 e. The van der Waals surface area contributed by atoms with E-state index in [4.69, 9.17) is 16.3 Å². The number of hydrogen-bond acceptors (Lipinski definition) is 4. The summed E-state index contributed by atoms with van der Waals surface area (Å²) in [5.41, 5.74) is 4.77. The maximum atomic E-state index is 12.1. The van der Waals surface area contributed by atoms with Crippen molar-refractivity contribution in [2.45, 2.75) is 6.54 Å². The number of hydrazone groups is 1. The zero-order chi connectivity index (χ0) is 19.2. The molecule has 0 spiro atoms. The Kier molecular flexibility index (Phi) is 6.26. The maximum absolute atomic E-state index is 12.1. The highest BCUT2D eigenvalue weighted by atomic mass is 79.9. The lowest BCUT2D eigenvalue weighted by atomic mass is 10.1. The molecule has 3 rings (SSSR count). The minimum absolute atomic E-state index is 0.285. The summed E-state index contributed by atoms with van der Waals surface area (Å²) in [6.45, 7) is 0.502. The summed E-state index contributed by atoms with van der Waals surface area (Å²) in [5, 5.41) is 8.78. The van der Waals surface area contributed by atoms with Crippen molar-refractivity contribution in [3.8, 4) is 5.75 Å². The quantitative estimate of drug-likeness (QED) is 0.456. The van der Waals surface area contributed by atoms with Gasteiger partial charge < -0.3 is 4.74 Å². The Labute approximate surface area is 169 Å². The van der Waals surface area contributed by atoms with E-state index in [2.05, 4.69) is 31.6 Å². The number of halogens is 2. The molecule has 8 heteroatoms. The SMILES string of the molecule is COc1ccc(/C=N\NC(=O)c2cccc(Br)c2)cc1Cn1cc(Cl)cn1. The first kappa shape index (κ1) is 19.1. The molecule has 0 unspecified atom stereocenters. The molecule has 2 aromatic carbocycles. The number of carbonyl (C=O) groups is 1. The molecule has 6 nitrogen and oxygen atoms in total. The van der Waals surface area contributed by atoms with Gasteiger partial charge in [-0.15, -0.1) is 0 Å². The molecule has 0 aliphatic rings. The molecule has 1 amide bonds. The summed E-state index contributed by atoms with van der Waals surface area (Å²) in [4.78, 5) is 12.1. The second kappa shape index (κ2) is 8.83. The Morgan fingerprint density at radius 3 is 2.93 bits per heavy atom. The molecule has 0 aliphatic carbocycles. The van der Waals surface area contributed by atoms with Crippen molar-refractivity contribution in [3.63, 3.8) is 0 Å². The Morgan fingerprint density at radius 2 is 2.22 bits per heavy atom. The number of hydrogen-bond donors (Lipinski definition) is 1. The summed E-state index contributed by atoms with van der Waals surface area (Å²) in [6.07, 6.45) is 4.89. The van der Waals surface area contributed by atoms with Crippen LogP contribution in [0.2, 0.25) is 5.02 Å². The molecule has 0 fully saturated rings. The van der Waals surface area contributed by atoms with Gasteiger partial charge >= 0.3 is 0 Å². The van der Waals surface area contributed by atoms with Crippen LogP contribution in [-0.4, -0.2) is 29.0 Å². The second-order valence-corrected chi connectivity index (χ2v) is 6.99. The van der Waals surface area contributed by atoms with Crippen LogP contribution in [0.25, 0.3) is 0 Å². The summed E-state index contributed by atoms with van der Waals surface area (Å²) in [5.74, 6) is 0.449. The van der Waals surface area contributed by atoms with Crippen molar-refractivity contribution in [1.82, 2.24) is 15.2 Å². The number of nitrogens with one attached hydrogen (secondary N) is 1. The van der Waals surface area contributed by atoms with E-state index < -0.39 is 0 Å². The normalized spacial score (nSPS) is 10.9. The van der Waals surface area contributed by atoms with Gasteiger partial charge in [-0.1, -0.05) is 33.6 Å². The van der Waals surface area contributed by atoms with Gasteiger partial charge in [-0.25, -0.2) is 5.43 Å². The molecular formula is C19H16BrClN4O2. The van der Waals surface area contributed by atoms with Gasteiger partial charge in [0.2, 0.25) is 0 Å². The van der Waals surface area contributed by atoms with Gasteiger partial charge in [0.15, 0.2) is 0 Å². The number of rotatable bonds is 6. The second-order valence-electron chi connectivity index (χ2n) is 5.64. The van der Waals surface area contributed by atoms with Crippen molar-refractivity contribution < 1.29 is 9.53 Å². The van der Waals surface area contributed by atoms with Gasteiger partial charge in [-0.2, -0.15) is 10.2 Å². The number of carbonyl (C=O) groups excluding carboxylic acids is 1. The lowest BCUT2D eigenvalue weighted by molar-refractivity contribution is 0.0955. The Morgan fingerprint density at radius 1 is 1.37 bits per heavy atom. The minimum atomic E-state index is -0.285. The van der Waals surface area contributed by atoms with Gasteiger partial charge in [0.25, 0.3) is 5.91 Å². The first-order chi connectivity index (χ1) is 13.0. The molecule has 1 aromatic heterocycles. The summed E-state index contributed by atoms with van der Waals surface area (Å²) >= 11 is 9.25. The van der Waals surface area contributed by atoms with E-state index in [1.54, 1.807) is 48.6 Å². The predicted molar refractivity (Wildman–Crippen MR) is 109 cm³/mol. The highest BCUT2D eigenvalue weighted by Gasteiger charge is 2.07. The topological polar surface area (TPSA) is 68.5 Å². The Balaban J connectivity index is 1.71. The van der Waals surface area contributed by atoms with Crippen molar-refractivity contribution in [3.05, 3.63) is 81.0 Å². The number of aromatic nitrogens is 2. The number of benzene rings is 2. The van der Waals surface area contributed by atoms with Crippen molar-refractivity contribution in [1.29, 1.82) is 0 Å². The molecule has 0 aliphatic heterocycles. The molecule has 1 heterocycles. The van der Waals surface area contributed by atoms with Crippen molar-refractivity contribution in [2.24, 2.45) is 5.10 Å². The molecular weight excluding hydrogens is 432 g/mol. The Bertz CT molecular complexity index is 987. The van der Waals surface area contributed by atoms with Crippen LogP contribution in [0, 0.1) is 0 Å². The highest BCUT2D eigenvalue weighted by molar-refractivity contribution is 9.10. The van der Waals surface area contributed by atoms with Crippen LogP contribution in [0.5, 0.6) is 5.75 Å². The third kappa shape index (κ3) is 5.18. The van der Waals surface area contributed by atoms with E-state index in [1.165, 1.54) is 0 Å². The fourth-order valence-corrected chi connectivity index (χ4v) is 3.02. The van der Waals surface area contributed by atoms with Crippen LogP contribution in [0.15, 0.2) is 64.4 Å². The summed E-state index contributed by atoms with van der Waals surface area (Å²) < 4.78 is 7.95. The first-order valence-corrected chi connectivity index (χ1v) is 9.16. The monoisotopic (exact) mass is 446 g/mol. The molecule has 0 saturated carbocycles. The van der Waals surface area contributed by atoms with E-state index in [0.29, 0.717) is 17.1 Å². The largest absolute Gasteiger partial charge is 0.496 e. The third-order valence-electron chi connectivity index (χ3n) is 3.71. The van der Waals surface area contributed by atoms with Crippen LogP contribution in [0.1, 0.15) is 21.5 Å². The lowest BCUT2D eigenvalue weighted by Crippen LogP contribution is -2.17. The lowest BCUT2D eigenvalue weighted by Gasteiger charge is -2.09. The molecule has 3 aromatic rings. The molecule has 27 heavy (non-hydrogen) atoms.